The molecule has 1 radical (unpaired) electrons. The van der Waals surface area contributed by atoms with Crippen molar-refractivity contribution < 1.29 is 39.2 Å². The zero-order valence-corrected chi connectivity index (χ0v) is 35.3. The smallest absolute Gasteiger partial charge is 0.220 e. The first-order valence-corrected chi connectivity index (χ1v) is 18.6. The Morgan fingerprint density at radius 2 is 1.56 bits per heavy atom. The maximum atomic E-state index is 12.2. The van der Waals surface area contributed by atoms with E-state index in [0.717, 1.165) is 70.4 Å². The van der Waals surface area contributed by atoms with E-state index in [0.29, 0.717) is 5.71 Å². The summed E-state index contributed by atoms with van der Waals surface area (Å²) in [5.74, 6) is 2.31. The van der Waals surface area contributed by atoms with E-state index in [4.69, 9.17) is 14.1 Å². The van der Waals surface area contributed by atoms with Crippen LogP contribution in [0, 0.1) is 36.7 Å². The molecule has 6 heteroatoms. The van der Waals surface area contributed by atoms with Crippen LogP contribution in [-0.2, 0) is 35.1 Å². The van der Waals surface area contributed by atoms with Crippen LogP contribution >= 0.6 is 0 Å². The molecule has 0 fully saturated rings. The fourth-order valence-corrected chi connectivity index (χ4v) is 6.75. The number of fused-ring (bicyclic) bond motifs is 3. The molecule has 0 bridgehead atoms. The van der Waals surface area contributed by atoms with Gasteiger partial charge in [0.15, 0.2) is 5.78 Å². The molecular formula is C46H56IrNO4-. The number of aliphatic hydroxyl groups is 1. The van der Waals surface area contributed by atoms with Crippen molar-refractivity contribution in [1.29, 1.82) is 0 Å². The second-order valence-corrected chi connectivity index (χ2v) is 15.8. The van der Waals surface area contributed by atoms with Crippen molar-refractivity contribution >= 4 is 33.4 Å². The van der Waals surface area contributed by atoms with Crippen molar-refractivity contribution in [2.75, 3.05) is 0 Å². The molecule has 3 heterocycles. The maximum absolute atomic E-state index is 12.2. The van der Waals surface area contributed by atoms with Gasteiger partial charge in [0.2, 0.25) is 5.71 Å². The summed E-state index contributed by atoms with van der Waals surface area (Å²) in [6.07, 6.45) is 15.5. The van der Waals surface area contributed by atoms with Crippen molar-refractivity contribution in [2.24, 2.45) is 16.7 Å². The third-order valence-electron chi connectivity index (χ3n) is 11.6. The summed E-state index contributed by atoms with van der Waals surface area (Å²) in [6.45, 7) is 22.9. The van der Waals surface area contributed by atoms with Gasteiger partial charge >= 0.3 is 0 Å². The van der Waals surface area contributed by atoms with Crippen LogP contribution in [0.3, 0.4) is 0 Å². The molecule has 2 aliphatic rings. The van der Waals surface area contributed by atoms with Crippen LogP contribution in [0.5, 0.6) is 0 Å². The summed E-state index contributed by atoms with van der Waals surface area (Å²) < 4.78 is 12.5. The Morgan fingerprint density at radius 3 is 2.17 bits per heavy atom. The molecule has 2 atom stereocenters. The van der Waals surface area contributed by atoms with E-state index in [9.17, 15) is 9.90 Å². The van der Waals surface area contributed by atoms with Gasteiger partial charge in [-0.15, -0.1) is 29.1 Å². The Kier molecular flexibility index (Phi) is 12.7. The number of aromatic nitrogens is 1. The van der Waals surface area contributed by atoms with Crippen LogP contribution in [-0.4, -0.2) is 22.0 Å². The molecule has 2 aromatic heterocycles. The molecule has 52 heavy (non-hydrogen) atoms. The topological polar surface area (TPSA) is 72.6 Å². The van der Waals surface area contributed by atoms with Gasteiger partial charge in [0.1, 0.15) is 23.4 Å². The number of nitrogens with zero attached hydrogens (tertiary/aromatic N) is 1. The Balaban J connectivity index is 0.000000289. The van der Waals surface area contributed by atoms with Gasteiger partial charge in [-0.25, -0.2) is 0 Å². The molecule has 0 spiro atoms. The van der Waals surface area contributed by atoms with Gasteiger partial charge < -0.3 is 14.3 Å². The SMILES string of the molecule is CCC(C)(CC)C(=O)/C=C(\O)C(C)(CC)CC.Cc1oc2nc(-c3[c-]c4ccccc4c(C(C)(C)C)c3)cc(C3=CC4C=CC=CC4O3)c2c1C.[Ir]. The first-order chi connectivity index (χ1) is 24.1. The van der Waals surface area contributed by atoms with Gasteiger partial charge in [0, 0.05) is 59.8 Å². The number of hydrogen-bond acceptors (Lipinski definition) is 5. The predicted molar refractivity (Wildman–Crippen MR) is 212 cm³/mol. The van der Waals surface area contributed by atoms with Crippen molar-refractivity contribution in [3.63, 3.8) is 0 Å². The summed E-state index contributed by atoms with van der Waals surface area (Å²) in [5, 5.41) is 13.5. The van der Waals surface area contributed by atoms with Crippen molar-refractivity contribution in [2.45, 2.75) is 113 Å². The summed E-state index contributed by atoms with van der Waals surface area (Å²) in [6, 6.07) is 16.5. The number of hydrogen-bond donors (Lipinski definition) is 1. The van der Waals surface area contributed by atoms with Gasteiger partial charge in [-0.2, -0.15) is 0 Å². The van der Waals surface area contributed by atoms with Gasteiger partial charge in [-0.1, -0.05) is 116 Å². The van der Waals surface area contributed by atoms with E-state index in [1.54, 1.807) is 0 Å². The Labute approximate surface area is 324 Å². The van der Waals surface area contributed by atoms with Crippen LogP contribution in [0.2, 0.25) is 0 Å². The molecule has 0 amide bonds. The second-order valence-electron chi connectivity index (χ2n) is 15.8. The first-order valence-electron chi connectivity index (χ1n) is 18.6. The summed E-state index contributed by atoms with van der Waals surface area (Å²) >= 11 is 0. The molecule has 4 aromatic rings. The minimum absolute atomic E-state index is 0. The van der Waals surface area contributed by atoms with Crippen LogP contribution in [0.15, 0.2) is 83.0 Å². The fourth-order valence-electron chi connectivity index (χ4n) is 6.75. The average molecular weight is 879 g/mol. The van der Waals surface area contributed by atoms with Crippen LogP contribution in [0.4, 0.5) is 0 Å². The van der Waals surface area contributed by atoms with E-state index in [2.05, 4.69) is 101 Å². The number of allylic oxidation sites excluding steroid dienone is 4. The molecule has 2 aromatic carbocycles. The number of carbonyl (C=O) groups is 1. The number of furan rings is 1. The van der Waals surface area contributed by atoms with Crippen molar-refractivity contribution in [1.82, 2.24) is 4.98 Å². The second kappa shape index (κ2) is 16.1. The molecule has 1 N–H and O–H groups in total. The Bertz CT molecular complexity index is 2050. The molecule has 2 unspecified atom stereocenters. The molecule has 1 aliphatic heterocycles. The molecule has 0 saturated carbocycles. The number of aryl methyl sites for hydroxylation is 2. The minimum Gasteiger partial charge on any atom is -0.512 e. The molecule has 5 nitrogen and oxygen atoms in total. The summed E-state index contributed by atoms with van der Waals surface area (Å²) in [4.78, 5) is 17.2. The third kappa shape index (κ3) is 8.09. The number of carbonyl (C=O) groups excluding carboxylic acids is 1. The molecule has 279 valence electrons. The molecule has 6 rings (SSSR count). The van der Waals surface area contributed by atoms with Crippen molar-refractivity contribution in [3.8, 4) is 11.3 Å². The van der Waals surface area contributed by atoms with Gasteiger partial charge in [-0.3, -0.25) is 9.78 Å². The van der Waals surface area contributed by atoms with Crippen LogP contribution in [0.25, 0.3) is 38.9 Å². The average Bonchev–Trinajstić information content (AvgIpc) is 3.69. The normalized spacial score (nSPS) is 17.3. The summed E-state index contributed by atoms with van der Waals surface area (Å²) in [5.41, 5.74) is 5.26. The predicted octanol–water partition coefficient (Wildman–Crippen LogP) is 12.5. The fraction of sp³-hybridized carbons (Fsp3) is 0.435. The number of ketones is 1. The number of benzene rings is 2. The number of pyridine rings is 1. The summed E-state index contributed by atoms with van der Waals surface area (Å²) in [7, 11) is 0. The monoisotopic (exact) mass is 879 g/mol. The van der Waals surface area contributed by atoms with Crippen molar-refractivity contribution in [3.05, 3.63) is 107 Å². The zero-order chi connectivity index (χ0) is 37.3. The number of rotatable bonds is 9. The van der Waals surface area contributed by atoms with Gasteiger partial charge in [0.25, 0.3) is 0 Å². The number of aliphatic hydroxyl groups excluding tert-OH is 1. The van der Waals surface area contributed by atoms with E-state index < -0.39 is 0 Å². The zero-order valence-electron chi connectivity index (χ0n) is 32.9. The first kappa shape index (κ1) is 41.0. The quantitative estimate of drug-likeness (QED) is 0.103. The number of ether oxygens (including phenoxy) is 1. The van der Waals surface area contributed by atoms with E-state index in [1.807, 2.05) is 48.5 Å². The third-order valence-corrected chi connectivity index (χ3v) is 11.6. The maximum Gasteiger partial charge on any atom is 0.220 e. The van der Waals surface area contributed by atoms with E-state index in [-0.39, 0.29) is 59.9 Å². The Hall–Kier alpha value is -3.73. The van der Waals surface area contributed by atoms with Gasteiger partial charge in [-0.05, 0) is 57.1 Å². The van der Waals surface area contributed by atoms with E-state index in [1.165, 1.54) is 17.0 Å². The molecule has 1 aliphatic carbocycles. The van der Waals surface area contributed by atoms with Crippen LogP contribution in [0.1, 0.15) is 110 Å². The van der Waals surface area contributed by atoms with Gasteiger partial charge in [0.05, 0.1) is 5.39 Å². The minimum atomic E-state index is -0.337. The standard InChI is InChI=1S/C31H28NO2.C15H28O2.Ir/c1-18-19(2)33-30-29(18)24(28-16-21-11-7-9-13-27(21)34-28)17-26(32-30)22-14-20-10-6-8-12-23(20)25(15-22)31(3,4)5;1-7-14(5,8-2)12(16)11-13(17)15(6,9-3)10-4;/h6-13,15-17,21,27H,1-5H3;11,16H,7-10H2,1-6H3;/q-1;;/b;12-11-;. The molecule has 0 saturated heterocycles. The Morgan fingerprint density at radius 1 is 0.923 bits per heavy atom. The van der Waals surface area contributed by atoms with Crippen LogP contribution < -0.4 is 0 Å². The largest absolute Gasteiger partial charge is 0.512 e. The molecular weight excluding hydrogens is 823 g/mol. The van der Waals surface area contributed by atoms with E-state index >= 15 is 0 Å².